The van der Waals surface area contributed by atoms with Gasteiger partial charge in [-0.25, -0.2) is 0 Å². The first-order chi connectivity index (χ1) is 15.2. The maximum Gasteiger partial charge on any atom is 0.227 e. The summed E-state index contributed by atoms with van der Waals surface area (Å²) in [6, 6.07) is 13.4. The van der Waals surface area contributed by atoms with Crippen LogP contribution in [0.4, 0.5) is 5.69 Å². The summed E-state index contributed by atoms with van der Waals surface area (Å²) < 4.78 is 16.3. The zero-order valence-electron chi connectivity index (χ0n) is 18.8. The van der Waals surface area contributed by atoms with Crippen molar-refractivity contribution in [1.82, 2.24) is 0 Å². The molecule has 1 saturated carbocycles. The minimum absolute atomic E-state index is 0.111. The van der Waals surface area contributed by atoms with Crippen LogP contribution in [0.1, 0.15) is 44.1 Å². The van der Waals surface area contributed by atoms with E-state index in [2.05, 4.69) is 0 Å². The van der Waals surface area contributed by atoms with Crippen molar-refractivity contribution in [2.24, 2.45) is 5.92 Å². The molecule has 0 saturated heterocycles. The quantitative estimate of drug-likeness (QED) is 0.490. The molecule has 1 aliphatic carbocycles. The zero-order chi connectivity index (χ0) is 22.1. The van der Waals surface area contributed by atoms with Gasteiger partial charge in [-0.05, 0) is 30.5 Å². The number of hydrogen-bond acceptors (Lipinski definition) is 4. The number of methoxy groups -OCH3 is 3. The third-order valence-corrected chi connectivity index (χ3v) is 5.94. The highest BCUT2D eigenvalue weighted by molar-refractivity contribution is 5.95. The molecule has 0 heterocycles. The molecule has 1 amide bonds. The van der Waals surface area contributed by atoms with Crippen LogP contribution in [0.25, 0.3) is 6.08 Å². The molecular formula is C26H33NO4. The van der Waals surface area contributed by atoms with Gasteiger partial charge in [-0.3, -0.25) is 4.79 Å². The third-order valence-electron chi connectivity index (χ3n) is 5.94. The number of nitrogens with zero attached hydrogens (tertiary/aromatic N) is 1. The van der Waals surface area contributed by atoms with Gasteiger partial charge in [0.25, 0.3) is 0 Å². The maximum atomic E-state index is 13.3. The largest absolute Gasteiger partial charge is 0.497 e. The molecule has 0 atom stereocenters. The van der Waals surface area contributed by atoms with E-state index in [-0.39, 0.29) is 5.91 Å². The molecule has 5 heteroatoms. The van der Waals surface area contributed by atoms with Crippen LogP contribution in [0.2, 0.25) is 0 Å². The van der Waals surface area contributed by atoms with Crippen molar-refractivity contribution in [2.45, 2.75) is 38.5 Å². The fourth-order valence-electron chi connectivity index (χ4n) is 4.19. The Morgan fingerprint density at radius 1 is 1.00 bits per heavy atom. The Morgan fingerprint density at radius 2 is 1.74 bits per heavy atom. The minimum atomic E-state index is 0.111. The first-order valence-corrected chi connectivity index (χ1v) is 11.0. The minimum Gasteiger partial charge on any atom is -0.497 e. The SMILES string of the molecule is COc1ccc(N(C/C=C/c2ccccc2OC)C(=O)CCC2CCCC2)c(OC)c1. The normalized spacial score (nSPS) is 14.0. The van der Waals surface area contributed by atoms with Crippen LogP contribution >= 0.6 is 0 Å². The summed E-state index contributed by atoms with van der Waals surface area (Å²) in [5.41, 5.74) is 1.73. The molecule has 166 valence electrons. The lowest BCUT2D eigenvalue weighted by atomic mass is 10.0. The van der Waals surface area contributed by atoms with Gasteiger partial charge in [0, 0.05) is 24.6 Å². The van der Waals surface area contributed by atoms with Gasteiger partial charge in [-0.2, -0.15) is 0 Å². The summed E-state index contributed by atoms with van der Waals surface area (Å²) in [6.07, 6.45) is 10.5. The summed E-state index contributed by atoms with van der Waals surface area (Å²) >= 11 is 0. The average Bonchev–Trinajstić information content (AvgIpc) is 3.34. The molecule has 5 nitrogen and oxygen atoms in total. The molecule has 0 unspecified atom stereocenters. The number of benzene rings is 2. The van der Waals surface area contributed by atoms with Crippen molar-refractivity contribution in [1.29, 1.82) is 0 Å². The molecule has 0 N–H and O–H groups in total. The van der Waals surface area contributed by atoms with E-state index in [0.717, 1.165) is 23.4 Å². The van der Waals surface area contributed by atoms with Crippen molar-refractivity contribution in [3.63, 3.8) is 0 Å². The van der Waals surface area contributed by atoms with Crippen LogP contribution in [-0.4, -0.2) is 33.8 Å². The van der Waals surface area contributed by atoms with Gasteiger partial charge in [0.2, 0.25) is 5.91 Å². The Hall–Kier alpha value is -2.95. The fraction of sp³-hybridized carbons (Fsp3) is 0.423. The van der Waals surface area contributed by atoms with E-state index in [9.17, 15) is 4.79 Å². The molecule has 0 aliphatic heterocycles. The second-order valence-electron chi connectivity index (χ2n) is 7.88. The summed E-state index contributed by atoms with van der Waals surface area (Å²) in [5, 5.41) is 0. The van der Waals surface area contributed by atoms with Gasteiger partial charge in [-0.15, -0.1) is 0 Å². The number of anilines is 1. The number of amides is 1. The maximum absolute atomic E-state index is 13.3. The molecule has 1 aliphatic rings. The van der Waals surface area contributed by atoms with Crippen LogP contribution < -0.4 is 19.1 Å². The number of carbonyl (C=O) groups excluding carboxylic acids is 1. The molecule has 1 fully saturated rings. The van der Waals surface area contributed by atoms with Gasteiger partial charge in [0.05, 0.1) is 27.0 Å². The molecular weight excluding hydrogens is 390 g/mol. The lowest BCUT2D eigenvalue weighted by Crippen LogP contribution is -2.31. The van der Waals surface area contributed by atoms with Crippen molar-refractivity contribution < 1.29 is 19.0 Å². The molecule has 2 aromatic carbocycles. The summed E-state index contributed by atoms with van der Waals surface area (Å²) in [7, 11) is 4.90. The highest BCUT2D eigenvalue weighted by Gasteiger charge is 2.22. The highest BCUT2D eigenvalue weighted by Crippen LogP contribution is 2.34. The smallest absolute Gasteiger partial charge is 0.227 e. The van der Waals surface area contributed by atoms with Gasteiger partial charge >= 0.3 is 0 Å². The number of para-hydroxylation sites is 1. The number of rotatable bonds is 10. The number of ether oxygens (including phenoxy) is 3. The summed E-state index contributed by atoms with van der Waals surface area (Å²) in [4.78, 5) is 15.1. The summed E-state index contributed by atoms with van der Waals surface area (Å²) in [5.74, 6) is 2.91. The molecule has 0 spiro atoms. The molecule has 0 aromatic heterocycles. The first-order valence-electron chi connectivity index (χ1n) is 11.0. The lowest BCUT2D eigenvalue weighted by molar-refractivity contribution is -0.118. The van der Waals surface area contributed by atoms with Gasteiger partial charge in [-0.1, -0.05) is 56.0 Å². The summed E-state index contributed by atoms with van der Waals surface area (Å²) in [6.45, 7) is 0.449. The van der Waals surface area contributed by atoms with Crippen LogP contribution in [0, 0.1) is 5.92 Å². The Bertz CT molecular complexity index is 887. The van der Waals surface area contributed by atoms with Crippen molar-refractivity contribution in [3.8, 4) is 17.2 Å². The van der Waals surface area contributed by atoms with Gasteiger partial charge in [0.1, 0.15) is 17.2 Å². The second kappa shape index (κ2) is 11.4. The van der Waals surface area contributed by atoms with E-state index in [1.807, 2.05) is 54.6 Å². The van der Waals surface area contributed by atoms with E-state index < -0.39 is 0 Å². The first kappa shape index (κ1) is 22.7. The van der Waals surface area contributed by atoms with Gasteiger partial charge in [0.15, 0.2) is 0 Å². The Balaban J connectivity index is 1.81. The van der Waals surface area contributed by atoms with E-state index in [1.54, 1.807) is 26.2 Å². The fourth-order valence-corrected chi connectivity index (χ4v) is 4.19. The van der Waals surface area contributed by atoms with Crippen molar-refractivity contribution in [3.05, 3.63) is 54.1 Å². The van der Waals surface area contributed by atoms with Crippen LogP contribution in [0.15, 0.2) is 48.5 Å². The molecule has 0 bridgehead atoms. The monoisotopic (exact) mass is 423 g/mol. The Kier molecular flexibility index (Phi) is 8.39. The zero-order valence-corrected chi connectivity index (χ0v) is 18.8. The van der Waals surface area contributed by atoms with E-state index in [0.29, 0.717) is 30.4 Å². The topological polar surface area (TPSA) is 48.0 Å². The van der Waals surface area contributed by atoms with Gasteiger partial charge < -0.3 is 19.1 Å². The molecule has 2 aromatic rings. The van der Waals surface area contributed by atoms with Crippen molar-refractivity contribution in [2.75, 3.05) is 32.8 Å². The predicted molar refractivity (Wildman–Crippen MR) is 125 cm³/mol. The predicted octanol–water partition coefficient (Wildman–Crippen LogP) is 5.73. The molecule has 31 heavy (non-hydrogen) atoms. The average molecular weight is 424 g/mol. The number of hydrogen-bond donors (Lipinski definition) is 0. The Morgan fingerprint density at radius 3 is 2.45 bits per heavy atom. The third kappa shape index (κ3) is 6.03. The Labute approximate surface area is 185 Å². The van der Waals surface area contributed by atoms with E-state index in [1.165, 1.54) is 25.7 Å². The number of carbonyl (C=O) groups is 1. The van der Waals surface area contributed by atoms with Crippen LogP contribution in [0.3, 0.4) is 0 Å². The highest BCUT2D eigenvalue weighted by atomic mass is 16.5. The van der Waals surface area contributed by atoms with E-state index >= 15 is 0 Å². The van der Waals surface area contributed by atoms with Crippen LogP contribution in [-0.2, 0) is 4.79 Å². The van der Waals surface area contributed by atoms with Crippen LogP contribution in [0.5, 0.6) is 17.2 Å². The second-order valence-corrected chi connectivity index (χ2v) is 7.88. The molecule has 0 radical (unpaired) electrons. The van der Waals surface area contributed by atoms with E-state index in [4.69, 9.17) is 14.2 Å². The standard InChI is InChI=1S/C26H33NO4/c1-29-22-15-16-23(25(19-22)31-3)27(26(28)17-14-20-9-4-5-10-20)18-8-12-21-11-6-7-13-24(21)30-2/h6-8,11-13,15-16,19-20H,4-5,9-10,14,17-18H2,1-3H3/b12-8+. The van der Waals surface area contributed by atoms with Crippen molar-refractivity contribution >= 4 is 17.7 Å². The lowest BCUT2D eigenvalue weighted by Gasteiger charge is -2.24. The molecule has 3 rings (SSSR count).